The van der Waals surface area contributed by atoms with Crippen molar-refractivity contribution in [3.05, 3.63) is 23.3 Å². The summed E-state index contributed by atoms with van der Waals surface area (Å²) in [6, 6.07) is 1.84. The number of hydrogen-bond donors (Lipinski definition) is 2. The van der Waals surface area contributed by atoms with Gasteiger partial charge < -0.3 is 20.3 Å². The van der Waals surface area contributed by atoms with Gasteiger partial charge in [0.1, 0.15) is 13.2 Å². The summed E-state index contributed by atoms with van der Waals surface area (Å²) in [4.78, 5) is 10.6. The van der Waals surface area contributed by atoms with Crippen LogP contribution in [0.2, 0.25) is 0 Å². The third-order valence-electron chi connectivity index (χ3n) is 3.26. The minimum atomic E-state index is -3.11. The maximum atomic E-state index is 13.8. The molecule has 116 valence electrons. The summed E-state index contributed by atoms with van der Waals surface area (Å²) in [7, 11) is 0. The molecule has 0 aromatic heterocycles. The van der Waals surface area contributed by atoms with Gasteiger partial charge in [-0.15, -0.1) is 0 Å². The molecule has 0 bridgehead atoms. The van der Waals surface area contributed by atoms with Crippen molar-refractivity contribution >= 4 is 5.97 Å². The Balaban J connectivity index is 2.39. The van der Waals surface area contributed by atoms with Gasteiger partial charge in [0.15, 0.2) is 11.5 Å². The van der Waals surface area contributed by atoms with Crippen LogP contribution in [0.1, 0.15) is 36.9 Å². The number of aliphatic carboxylic acids is 1. The summed E-state index contributed by atoms with van der Waals surface area (Å²) < 4.78 is 38.2. The average Bonchev–Trinajstić information content (AvgIpc) is 2.42. The molecular weight excluding hydrogens is 284 g/mol. The molecule has 3 N–H and O–H groups in total. The van der Waals surface area contributed by atoms with Gasteiger partial charge in [-0.3, -0.25) is 4.79 Å². The van der Waals surface area contributed by atoms with E-state index < -0.39 is 17.9 Å². The van der Waals surface area contributed by atoms with Crippen LogP contribution < -0.4 is 15.2 Å². The number of carboxylic acids is 1. The summed E-state index contributed by atoms with van der Waals surface area (Å²) >= 11 is 0. The van der Waals surface area contributed by atoms with Gasteiger partial charge in [-0.25, -0.2) is 8.78 Å². The summed E-state index contributed by atoms with van der Waals surface area (Å²) in [5.74, 6) is -3.51. The van der Waals surface area contributed by atoms with Crippen molar-refractivity contribution in [2.75, 3.05) is 13.2 Å². The Labute approximate surface area is 120 Å². The Morgan fingerprint density at radius 2 is 1.95 bits per heavy atom. The van der Waals surface area contributed by atoms with E-state index in [4.69, 9.17) is 20.3 Å². The second kappa shape index (κ2) is 5.85. The first-order valence-corrected chi connectivity index (χ1v) is 6.58. The van der Waals surface area contributed by atoms with E-state index in [-0.39, 0.29) is 29.7 Å². The van der Waals surface area contributed by atoms with Crippen molar-refractivity contribution in [2.24, 2.45) is 5.73 Å². The van der Waals surface area contributed by atoms with Crippen LogP contribution in [0.25, 0.3) is 0 Å². The summed E-state index contributed by atoms with van der Waals surface area (Å²) in [6.45, 7) is 1.40. The molecule has 0 saturated carbocycles. The van der Waals surface area contributed by atoms with Crippen molar-refractivity contribution in [1.82, 2.24) is 0 Å². The van der Waals surface area contributed by atoms with Crippen molar-refractivity contribution in [3.63, 3.8) is 0 Å². The molecule has 0 radical (unpaired) electrons. The first-order chi connectivity index (χ1) is 9.79. The number of ether oxygens (including phenoxy) is 2. The van der Waals surface area contributed by atoms with E-state index >= 15 is 0 Å². The van der Waals surface area contributed by atoms with Crippen LogP contribution in [0.15, 0.2) is 12.1 Å². The number of carboxylic acid groups (broad SMARTS) is 1. The number of nitrogens with two attached hydrogens (primary N) is 1. The molecule has 0 fully saturated rings. The van der Waals surface area contributed by atoms with Gasteiger partial charge >= 0.3 is 5.97 Å². The predicted octanol–water partition coefficient (Wildman–Crippen LogP) is 2.43. The van der Waals surface area contributed by atoms with Crippen molar-refractivity contribution in [2.45, 2.75) is 31.7 Å². The lowest BCUT2D eigenvalue weighted by Crippen LogP contribution is -2.22. The van der Waals surface area contributed by atoms with Crippen LogP contribution in [-0.4, -0.2) is 24.3 Å². The van der Waals surface area contributed by atoms with Crippen molar-refractivity contribution in [1.29, 1.82) is 0 Å². The van der Waals surface area contributed by atoms with Gasteiger partial charge in [0.2, 0.25) is 0 Å². The minimum Gasteiger partial charge on any atom is -0.486 e. The predicted molar refractivity (Wildman–Crippen MR) is 70.8 cm³/mol. The van der Waals surface area contributed by atoms with Gasteiger partial charge in [-0.05, 0) is 24.1 Å². The van der Waals surface area contributed by atoms with E-state index in [1.54, 1.807) is 0 Å². The lowest BCUT2D eigenvalue weighted by atomic mass is 9.93. The molecule has 7 heteroatoms. The van der Waals surface area contributed by atoms with E-state index in [1.807, 2.05) is 0 Å². The van der Waals surface area contributed by atoms with Gasteiger partial charge in [-0.1, -0.05) is 0 Å². The van der Waals surface area contributed by atoms with E-state index in [0.29, 0.717) is 19.0 Å². The molecule has 5 nitrogen and oxygen atoms in total. The average molecular weight is 301 g/mol. The third-order valence-corrected chi connectivity index (χ3v) is 3.26. The van der Waals surface area contributed by atoms with E-state index in [9.17, 15) is 13.6 Å². The molecular formula is C14H17F2NO4. The first-order valence-electron chi connectivity index (χ1n) is 6.58. The zero-order chi connectivity index (χ0) is 15.6. The maximum absolute atomic E-state index is 13.8. The molecule has 0 saturated heterocycles. The second-order valence-electron chi connectivity index (χ2n) is 5.01. The van der Waals surface area contributed by atoms with Crippen LogP contribution in [0, 0.1) is 0 Å². The third kappa shape index (κ3) is 3.60. The lowest BCUT2D eigenvalue weighted by molar-refractivity contribution is -0.137. The minimum absolute atomic E-state index is 0.0675. The molecule has 1 aromatic carbocycles. The molecule has 1 aliphatic rings. The molecule has 1 heterocycles. The zero-order valence-electron chi connectivity index (χ0n) is 11.6. The Kier molecular flexibility index (Phi) is 4.32. The fourth-order valence-electron chi connectivity index (χ4n) is 2.23. The summed E-state index contributed by atoms with van der Waals surface area (Å²) in [6.07, 6.45) is -0.123. The highest BCUT2D eigenvalue weighted by Gasteiger charge is 2.32. The highest BCUT2D eigenvalue weighted by molar-refractivity contribution is 5.66. The van der Waals surface area contributed by atoms with Gasteiger partial charge in [-0.2, -0.15) is 0 Å². The lowest BCUT2D eigenvalue weighted by Gasteiger charge is -2.25. The SMILES string of the molecule is CC(F)(F)c1cc2c(cc1C(N)CCC(=O)O)OCCO2. The number of hydrogen-bond acceptors (Lipinski definition) is 4. The van der Waals surface area contributed by atoms with Crippen molar-refractivity contribution < 1.29 is 28.2 Å². The molecule has 1 aliphatic heterocycles. The molecule has 0 spiro atoms. The molecule has 0 amide bonds. The standard InChI is InChI=1S/C14H17F2NO4/c1-14(15,16)9-7-12-11(20-4-5-21-12)6-8(9)10(17)2-3-13(18)19/h6-7,10H,2-5,17H2,1H3,(H,18,19). The first kappa shape index (κ1) is 15.5. The number of benzene rings is 1. The highest BCUT2D eigenvalue weighted by Crippen LogP contribution is 2.41. The Morgan fingerprint density at radius 3 is 2.48 bits per heavy atom. The monoisotopic (exact) mass is 301 g/mol. The van der Waals surface area contributed by atoms with E-state index in [2.05, 4.69) is 0 Å². The fraction of sp³-hybridized carbons (Fsp3) is 0.500. The van der Waals surface area contributed by atoms with Crippen LogP contribution in [0.4, 0.5) is 8.78 Å². The highest BCUT2D eigenvalue weighted by atomic mass is 19.3. The van der Waals surface area contributed by atoms with E-state index in [1.165, 1.54) is 12.1 Å². The molecule has 1 aromatic rings. The Morgan fingerprint density at radius 1 is 1.38 bits per heavy atom. The number of rotatable bonds is 5. The van der Waals surface area contributed by atoms with Crippen molar-refractivity contribution in [3.8, 4) is 11.5 Å². The van der Waals surface area contributed by atoms with E-state index in [0.717, 1.165) is 6.92 Å². The molecule has 2 rings (SSSR count). The largest absolute Gasteiger partial charge is 0.486 e. The summed E-state index contributed by atoms with van der Waals surface area (Å²) in [5, 5.41) is 8.68. The number of carbonyl (C=O) groups is 1. The van der Waals surface area contributed by atoms with Gasteiger partial charge in [0.25, 0.3) is 5.92 Å². The Hall–Kier alpha value is -1.89. The number of alkyl halides is 2. The van der Waals surface area contributed by atoms with Gasteiger partial charge in [0.05, 0.1) is 0 Å². The molecule has 21 heavy (non-hydrogen) atoms. The smallest absolute Gasteiger partial charge is 0.303 e. The summed E-state index contributed by atoms with van der Waals surface area (Å²) in [5.41, 5.74) is 5.81. The van der Waals surface area contributed by atoms with Crippen LogP contribution in [0.5, 0.6) is 11.5 Å². The quantitative estimate of drug-likeness (QED) is 0.873. The molecule has 1 atom stereocenters. The fourth-order valence-corrected chi connectivity index (χ4v) is 2.23. The normalized spacial score (nSPS) is 15.6. The maximum Gasteiger partial charge on any atom is 0.303 e. The van der Waals surface area contributed by atoms with Crippen LogP contribution in [-0.2, 0) is 10.7 Å². The zero-order valence-corrected chi connectivity index (χ0v) is 11.6. The van der Waals surface area contributed by atoms with Gasteiger partial charge in [0, 0.05) is 24.9 Å². The van der Waals surface area contributed by atoms with Crippen LogP contribution in [0.3, 0.4) is 0 Å². The molecule has 1 unspecified atom stereocenters. The topological polar surface area (TPSA) is 81.8 Å². The number of fused-ring (bicyclic) bond motifs is 1. The second-order valence-corrected chi connectivity index (χ2v) is 5.01. The Bertz CT molecular complexity index is 543. The number of halogens is 2. The molecule has 0 aliphatic carbocycles. The van der Waals surface area contributed by atoms with Crippen LogP contribution >= 0.6 is 0 Å².